The Labute approximate surface area is 456 Å². The fourth-order valence-electron chi connectivity index (χ4n) is 10.1. The molecular weight excluding hydrogens is 1060 g/mol. The molecule has 31 atom stereocenters. The minimum absolute atomic E-state index is 0.0827. The maximum Gasteiger partial charge on any atom is 0.229 e. The van der Waals surface area contributed by atoms with E-state index in [1.165, 1.54) is 34.0 Å². The lowest BCUT2D eigenvalue weighted by atomic mass is 9.93. The van der Waals surface area contributed by atoms with Crippen LogP contribution in [-0.4, -0.2) is 291 Å². The minimum atomic E-state index is -3.04. The predicted molar refractivity (Wildman–Crippen MR) is 260 cm³/mol. The number of rotatable bonds is 22. The lowest BCUT2D eigenvalue weighted by Gasteiger charge is -2.52. The molecule has 460 valence electrons. The largest absolute Gasteiger partial charge is 0.470 e. The van der Waals surface area contributed by atoms with Gasteiger partial charge >= 0.3 is 0 Å². The van der Waals surface area contributed by atoms with Crippen LogP contribution in [0.1, 0.15) is 80.6 Å². The molecule has 6 rings (SSSR count). The van der Waals surface area contributed by atoms with Crippen molar-refractivity contribution in [1.82, 2.24) is 0 Å². The maximum absolute atomic E-state index is 12.2. The summed E-state index contributed by atoms with van der Waals surface area (Å²) in [4.78, 5) is 0. The van der Waals surface area contributed by atoms with Gasteiger partial charge < -0.3 is 144 Å². The van der Waals surface area contributed by atoms with Crippen molar-refractivity contribution in [2.24, 2.45) is 5.92 Å². The smallest absolute Gasteiger partial charge is 0.229 e. The van der Waals surface area contributed by atoms with Crippen LogP contribution in [0, 0.1) is 5.92 Å². The quantitative estimate of drug-likeness (QED) is 0.0272. The summed E-state index contributed by atoms with van der Waals surface area (Å²) in [5.74, 6) is -3.25. The molecule has 6 aliphatic heterocycles. The fourth-order valence-corrected chi connectivity index (χ4v) is 10.1. The van der Waals surface area contributed by atoms with Gasteiger partial charge in [-0.15, -0.1) is 0 Å². The molecular formula is C50H86O29. The molecule has 6 saturated heterocycles. The number of aliphatic hydroxyl groups excluding tert-OH is 16. The highest BCUT2D eigenvalue weighted by atomic mass is 16.8. The van der Waals surface area contributed by atoms with Crippen LogP contribution in [0.5, 0.6) is 0 Å². The lowest BCUT2D eigenvalue weighted by molar-refractivity contribution is -0.461. The molecule has 6 aliphatic rings. The van der Waals surface area contributed by atoms with Crippen molar-refractivity contribution in [3.8, 4) is 0 Å². The molecule has 0 aromatic rings. The minimum Gasteiger partial charge on any atom is -0.470 e. The molecule has 6 fully saturated rings. The van der Waals surface area contributed by atoms with Crippen molar-refractivity contribution in [3.05, 3.63) is 23.5 Å². The van der Waals surface area contributed by atoms with Crippen molar-refractivity contribution in [2.45, 2.75) is 264 Å². The van der Waals surface area contributed by atoms with Crippen LogP contribution < -0.4 is 0 Å². The highest BCUT2D eigenvalue weighted by Gasteiger charge is 2.63. The van der Waals surface area contributed by atoms with Gasteiger partial charge in [0.15, 0.2) is 43.7 Å². The summed E-state index contributed by atoms with van der Waals surface area (Å²) in [7, 11) is 0. The molecule has 29 heteroatoms. The average molecular weight is 1150 g/mol. The Kier molecular flexibility index (Phi) is 24.2. The standard InChI is InChI=1S/C50H86O29/c1-18(10-8-12-19(2)16-68-48-41(77-45-37(63)33(59)28(54)22(5)71-45)40(31(57)25(14-51)74-48)76-44-36(62)32(58)27(53)21(4)70-44)11-9-13-20(3)17-69-49-43(78-46-38(64)34(60)29(55)23(6)72-46)50(67,42(66)26(15-52)75-49)79-47-39(65)35(61)30(56)24(7)73-47/h10,16,20-49,51-67H,8-9,11-15,17H2,1-7H3. The van der Waals surface area contributed by atoms with E-state index in [1.807, 2.05) is 19.9 Å². The van der Waals surface area contributed by atoms with Crippen molar-refractivity contribution < 1.29 is 144 Å². The Morgan fingerprint density at radius 1 is 0.494 bits per heavy atom. The Morgan fingerprint density at radius 2 is 0.937 bits per heavy atom. The van der Waals surface area contributed by atoms with E-state index < -0.39 is 197 Å². The summed E-state index contributed by atoms with van der Waals surface area (Å²) >= 11 is 0. The summed E-state index contributed by atoms with van der Waals surface area (Å²) in [5.41, 5.74) is 1.70. The molecule has 31 unspecified atom stereocenters. The van der Waals surface area contributed by atoms with Gasteiger partial charge in [0, 0.05) is 0 Å². The van der Waals surface area contributed by atoms with Crippen LogP contribution in [0.2, 0.25) is 0 Å². The first-order valence-corrected chi connectivity index (χ1v) is 26.8. The number of hydrogen-bond acceptors (Lipinski definition) is 29. The van der Waals surface area contributed by atoms with E-state index in [0.717, 1.165) is 5.57 Å². The average Bonchev–Trinajstić information content (AvgIpc) is 3.42. The van der Waals surface area contributed by atoms with Crippen molar-refractivity contribution in [1.29, 1.82) is 0 Å². The van der Waals surface area contributed by atoms with Crippen molar-refractivity contribution >= 4 is 0 Å². The molecule has 6 heterocycles. The number of aliphatic hydroxyl groups is 17. The van der Waals surface area contributed by atoms with E-state index in [0.29, 0.717) is 37.7 Å². The molecule has 0 spiro atoms. The zero-order chi connectivity index (χ0) is 58.5. The highest BCUT2D eigenvalue weighted by Crippen LogP contribution is 2.40. The number of allylic oxidation sites excluding steroid dienone is 3. The zero-order valence-corrected chi connectivity index (χ0v) is 45.1. The summed E-state index contributed by atoms with van der Waals surface area (Å²) in [6.45, 7) is 9.36. The van der Waals surface area contributed by atoms with E-state index in [2.05, 4.69) is 0 Å². The highest BCUT2D eigenvalue weighted by molar-refractivity contribution is 5.04. The second-order valence-corrected chi connectivity index (χ2v) is 21.8. The normalized spacial score (nSPS) is 48.9. The van der Waals surface area contributed by atoms with Gasteiger partial charge in [0.05, 0.1) is 50.5 Å². The first kappa shape index (κ1) is 66.3. The second kappa shape index (κ2) is 28.8. The first-order chi connectivity index (χ1) is 37.1. The van der Waals surface area contributed by atoms with Crippen LogP contribution in [0.3, 0.4) is 0 Å². The number of hydrogen-bond donors (Lipinski definition) is 17. The summed E-state index contributed by atoms with van der Waals surface area (Å²) in [6.07, 6.45) is -41.2. The Morgan fingerprint density at radius 3 is 1.43 bits per heavy atom. The van der Waals surface area contributed by atoms with Crippen LogP contribution in [0.25, 0.3) is 0 Å². The molecule has 0 amide bonds. The molecule has 0 aromatic carbocycles. The van der Waals surface area contributed by atoms with E-state index in [-0.39, 0.29) is 12.5 Å². The van der Waals surface area contributed by atoms with E-state index in [4.69, 9.17) is 56.8 Å². The maximum atomic E-state index is 12.2. The van der Waals surface area contributed by atoms with Gasteiger partial charge in [-0.1, -0.05) is 18.6 Å². The summed E-state index contributed by atoms with van der Waals surface area (Å²) in [5, 5.41) is 182. The third-order valence-corrected chi connectivity index (χ3v) is 15.4. The first-order valence-electron chi connectivity index (χ1n) is 26.8. The number of ether oxygens (including phenoxy) is 12. The molecule has 0 bridgehead atoms. The van der Waals surface area contributed by atoms with Crippen LogP contribution in [0.15, 0.2) is 23.5 Å². The zero-order valence-electron chi connectivity index (χ0n) is 45.1. The molecule has 0 aromatic heterocycles. The van der Waals surface area contributed by atoms with Crippen LogP contribution in [0.4, 0.5) is 0 Å². The second-order valence-electron chi connectivity index (χ2n) is 21.8. The van der Waals surface area contributed by atoms with Gasteiger partial charge in [0.2, 0.25) is 12.1 Å². The van der Waals surface area contributed by atoms with E-state index in [1.54, 1.807) is 6.92 Å². The molecule has 0 saturated carbocycles. The third-order valence-electron chi connectivity index (χ3n) is 15.4. The van der Waals surface area contributed by atoms with Crippen LogP contribution in [-0.2, 0) is 56.8 Å². The van der Waals surface area contributed by atoms with Crippen molar-refractivity contribution in [2.75, 3.05) is 19.8 Å². The van der Waals surface area contributed by atoms with Gasteiger partial charge in [-0.25, -0.2) is 0 Å². The van der Waals surface area contributed by atoms with Crippen LogP contribution >= 0.6 is 0 Å². The summed E-state index contributed by atoms with van der Waals surface area (Å²) in [6, 6.07) is 0. The molecule has 0 radical (unpaired) electrons. The monoisotopic (exact) mass is 1150 g/mol. The molecule has 29 nitrogen and oxygen atoms in total. The predicted octanol–water partition coefficient (Wildman–Crippen LogP) is -6.22. The van der Waals surface area contributed by atoms with Gasteiger partial charge in [0.25, 0.3) is 0 Å². The Bertz CT molecular complexity index is 1920. The van der Waals surface area contributed by atoms with Gasteiger partial charge in [0.1, 0.15) is 104 Å². The Hall–Kier alpha value is -1.84. The molecule has 79 heavy (non-hydrogen) atoms. The van der Waals surface area contributed by atoms with Gasteiger partial charge in [-0.05, 0) is 85.1 Å². The SMILES string of the molecule is CC(=COC1OC(CO)C(O)C(OC2OC(C)C(O)C(O)C2O)C1OC1OC(C)C(O)C(O)C1O)CCC=C(C)CCCC(C)COC1OC(CO)C(O)C(O)(OC2OC(C)C(O)C(O)C2O)C1OC1OC(C)C(O)C(O)C1O. The summed E-state index contributed by atoms with van der Waals surface area (Å²) < 4.78 is 70.1. The topological polar surface area (TPSA) is 455 Å². The molecule has 0 aliphatic carbocycles. The lowest BCUT2D eigenvalue weighted by Crippen LogP contribution is -2.73. The third kappa shape index (κ3) is 15.4. The fraction of sp³-hybridized carbons (Fsp3) is 0.920. The Balaban J connectivity index is 1.07. The van der Waals surface area contributed by atoms with E-state index >= 15 is 0 Å². The van der Waals surface area contributed by atoms with Gasteiger partial charge in [-0.2, -0.15) is 0 Å². The van der Waals surface area contributed by atoms with Gasteiger partial charge in [-0.3, -0.25) is 0 Å². The molecule has 17 N–H and O–H groups in total. The van der Waals surface area contributed by atoms with E-state index in [9.17, 15) is 86.8 Å². The van der Waals surface area contributed by atoms with Crippen molar-refractivity contribution in [3.63, 3.8) is 0 Å².